The minimum atomic E-state index is -0.558. The zero-order valence-corrected chi connectivity index (χ0v) is 13.2. The lowest BCUT2D eigenvalue weighted by molar-refractivity contribution is 0.248. The van der Waals surface area contributed by atoms with Crippen LogP contribution in [0.3, 0.4) is 0 Å². The van der Waals surface area contributed by atoms with Crippen molar-refractivity contribution < 1.29 is 9.53 Å². The number of primary amides is 1. The molecule has 0 radical (unpaired) electrons. The largest absolute Gasteiger partial charge is 0.453 e. The van der Waals surface area contributed by atoms with Gasteiger partial charge in [0.25, 0.3) is 0 Å². The smallest absolute Gasteiger partial charge is 0.312 e. The first-order chi connectivity index (χ1) is 11.6. The Labute approximate surface area is 139 Å². The first-order valence-corrected chi connectivity index (χ1v) is 7.52. The first-order valence-electron chi connectivity index (χ1n) is 7.52. The van der Waals surface area contributed by atoms with E-state index in [1.165, 1.54) is 5.56 Å². The number of aryl methyl sites for hydroxylation is 1. The van der Waals surface area contributed by atoms with E-state index >= 15 is 0 Å². The first kappa shape index (κ1) is 15.6. The molecule has 0 spiro atoms. The lowest BCUT2D eigenvalue weighted by Gasteiger charge is -2.08. The summed E-state index contributed by atoms with van der Waals surface area (Å²) in [7, 11) is 0. The molecule has 0 fully saturated rings. The zero-order valence-electron chi connectivity index (χ0n) is 13.2. The molecule has 0 saturated heterocycles. The lowest BCUT2D eigenvalue weighted by Crippen LogP contribution is -2.28. The maximum atomic E-state index is 10.8. The van der Waals surface area contributed by atoms with Gasteiger partial charge in [-0.15, -0.1) is 0 Å². The van der Waals surface area contributed by atoms with Gasteiger partial charge in [0.05, 0.1) is 6.20 Å². The topological polar surface area (TPSA) is 93.0 Å². The molecule has 122 valence electrons. The van der Waals surface area contributed by atoms with Crippen molar-refractivity contribution in [2.75, 3.05) is 0 Å². The van der Waals surface area contributed by atoms with Crippen LogP contribution in [-0.2, 0) is 6.54 Å². The third-order valence-electron chi connectivity index (χ3n) is 3.54. The summed E-state index contributed by atoms with van der Waals surface area (Å²) in [6, 6.07) is 15.0. The van der Waals surface area contributed by atoms with Gasteiger partial charge in [0.1, 0.15) is 11.4 Å². The molecular formula is C18H18N4O2. The van der Waals surface area contributed by atoms with Gasteiger partial charge in [0.15, 0.2) is 5.75 Å². The Bertz CT molecular complexity index is 840. The van der Waals surface area contributed by atoms with Crippen LogP contribution in [-0.4, -0.2) is 16.2 Å². The summed E-state index contributed by atoms with van der Waals surface area (Å²) in [5.41, 5.74) is 8.99. The molecule has 1 heterocycles. The number of urea groups is 1. The number of nitrogens with zero attached hydrogens (tertiary/aromatic N) is 1. The number of nitrogens with one attached hydrogen (secondary N) is 2. The highest BCUT2D eigenvalue weighted by atomic mass is 16.5. The summed E-state index contributed by atoms with van der Waals surface area (Å²) in [5, 5.41) is 9.60. The molecule has 3 rings (SSSR count). The second-order valence-electron chi connectivity index (χ2n) is 5.44. The van der Waals surface area contributed by atoms with Gasteiger partial charge >= 0.3 is 6.03 Å². The predicted molar refractivity (Wildman–Crippen MR) is 91.7 cm³/mol. The van der Waals surface area contributed by atoms with Crippen molar-refractivity contribution in [2.24, 2.45) is 5.73 Å². The second-order valence-corrected chi connectivity index (χ2v) is 5.44. The normalized spacial score (nSPS) is 10.4. The number of benzene rings is 2. The van der Waals surface area contributed by atoms with Crippen LogP contribution in [0.25, 0.3) is 11.3 Å². The predicted octanol–water partition coefficient (Wildman–Crippen LogP) is 3.35. The van der Waals surface area contributed by atoms with E-state index in [1.54, 1.807) is 6.20 Å². The van der Waals surface area contributed by atoms with Crippen molar-refractivity contribution in [3.8, 4) is 22.8 Å². The average molecular weight is 322 g/mol. The van der Waals surface area contributed by atoms with Crippen LogP contribution in [0.15, 0.2) is 54.7 Å². The molecule has 2 aromatic carbocycles. The van der Waals surface area contributed by atoms with Crippen LogP contribution in [0.1, 0.15) is 11.1 Å². The number of carbonyl (C=O) groups excluding carboxylic acids is 1. The van der Waals surface area contributed by atoms with E-state index in [2.05, 4.69) is 15.5 Å². The van der Waals surface area contributed by atoms with E-state index in [9.17, 15) is 4.79 Å². The van der Waals surface area contributed by atoms with Crippen LogP contribution in [0.4, 0.5) is 4.79 Å². The molecule has 0 aliphatic carbocycles. The molecule has 0 atom stereocenters. The summed E-state index contributed by atoms with van der Waals surface area (Å²) in [5.74, 6) is 1.30. The molecular weight excluding hydrogens is 304 g/mol. The van der Waals surface area contributed by atoms with Crippen molar-refractivity contribution in [3.05, 3.63) is 65.9 Å². The van der Waals surface area contributed by atoms with Crippen molar-refractivity contribution in [2.45, 2.75) is 13.5 Å². The maximum absolute atomic E-state index is 10.8. The summed E-state index contributed by atoms with van der Waals surface area (Å²) >= 11 is 0. The van der Waals surface area contributed by atoms with Crippen LogP contribution in [0.5, 0.6) is 11.5 Å². The minimum Gasteiger partial charge on any atom is -0.453 e. The third-order valence-corrected chi connectivity index (χ3v) is 3.54. The number of amides is 2. The van der Waals surface area contributed by atoms with Gasteiger partial charge in [-0.1, -0.05) is 42.0 Å². The third kappa shape index (κ3) is 3.73. The van der Waals surface area contributed by atoms with Crippen molar-refractivity contribution in [1.82, 2.24) is 15.5 Å². The molecule has 1 aromatic heterocycles. The van der Waals surface area contributed by atoms with E-state index in [4.69, 9.17) is 10.5 Å². The highest BCUT2D eigenvalue weighted by Crippen LogP contribution is 2.31. The summed E-state index contributed by atoms with van der Waals surface area (Å²) in [6.45, 7) is 2.39. The highest BCUT2D eigenvalue weighted by molar-refractivity contribution is 5.71. The van der Waals surface area contributed by atoms with Crippen LogP contribution < -0.4 is 15.8 Å². The maximum Gasteiger partial charge on any atom is 0.312 e. The molecule has 24 heavy (non-hydrogen) atoms. The number of aromatic amines is 1. The van der Waals surface area contributed by atoms with Gasteiger partial charge in [0, 0.05) is 12.1 Å². The molecule has 0 aliphatic heterocycles. The summed E-state index contributed by atoms with van der Waals surface area (Å²) in [6.07, 6.45) is 1.64. The van der Waals surface area contributed by atoms with Crippen LogP contribution in [0.2, 0.25) is 0 Å². The Morgan fingerprint density at radius 3 is 2.79 bits per heavy atom. The molecule has 0 aliphatic rings. The fourth-order valence-corrected chi connectivity index (χ4v) is 2.31. The highest BCUT2D eigenvalue weighted by Gasteiger charge is 2.10. The Hall–Kier alpha value is -3.28. The Kier molecular flexibility index (Phi) is 4.47. The average Bonchev–Trinajstić information content (AvgIpc) is 3.02. The summed E-state index contributed by atoms with van der Waals surface area (Å²) in [4.78, 5) is 10.8. The van der Waals surface area contributed by atoms with E-state index in [-0.39, 0.29) is 0 Å². The van der Waals surface area contributed by atoms with E-state index in [1.807, 2.05) is 55.5 Å². The molecule has 2 amide bonds. The van der Waals surface area contributed by atoms with Crippen LogP contribution in [0, 0.1) is 6.92 Å². The van der Waals surface area contributed by atoms with Crippen LogP contribution >= 0.6 is 0 Å². The number of carbonyl (C=O) groups is 1. The number of hydrogen-bond acceptors (Lipinski definition) is 3. The van der Waals surface area contributed by atoms with E-state index in [0.717, 1.165) is 16.8 Å². The van der Waals surface area contributed by atoms with Gasteiger partial charge in [-0.25, -0.2) is 4.79 Å². The standard InChI is InChI=1S/C18H18N4O2/c1-12-5-7-14(8-6-12)17-16(11-21-22-17)24-15-4-2-3-13(9-15)10-20-18(19)23/h2-9,11H,10H2,1H3,(H,21,22)(H3,19,20,23). The fourth-order valence-electron chi connectivity index (χ4n) is 2.31. The minimum absolute atomic E-state index is 0.350. The molecule has 3 aromatic rings. The fraction of sp³-hybridized carbons (Fsp3) is 0.111. The van der Waals surface area contributed by atoms with Gasteiger partial charge in [0.2, 0.25) is 0 Å². The molecule has 0 saturated carbocycles. The Morgan fingerprint density at radius 1 is 1.25 bits per heavy atom. The molecule has 6 nitrogen and oxygen atoms in total. The Morgan fingerprint density at radius 2 is 2.04 bits per heavy atom. The second kappa shape index (κ2) is 6.87. The van der Waals surface area contributed by atoms with Gasteiger partial charge in [-0.3, -0.25) is 5.10 Å². The number of H-pyrrole nitrogens is 1. The number of aromatic nitrogens is 2. The number of rotatable bonds is 5. The van der Waals surface area contributed by atoms with Crippen molar-refractivity contribution in [3.63, 3.8) is 0 Å². The molecule has 0 unspecified atom stereocenters. The quantitative estimate of drug-likeness (QED) is 0.672. The lowest BCUT2D eigenvalue weighted by atomic mass is 10.1. The van der Waals surface area contributed by atoms with E-state index in [0.29, 0.717) is 18.0 Å². The van der Waals surface area contributed by atoms with Crippen molar-refractivity contribution >= 4 is 6.03 Å². The number of ether oxygens (including phenoxy) is 1. The van der Waals surface area contributed by atoms with Gasteiger partial charge < -0.3 is 15.8 Å². The number of hydrogen-bond donors (Lipinski definition) is 3. The SMILES string of the molecule is Cc1ccc(-c2[nH]ncc2Oc2cccc(CNC(N)=O)c2)cc1. The molecule has 6 heteroatoms. The monoisotopic (exact) mass is 322 g/mol. The van der Waals surface area contributed by atoms with Crippen molar-refractivity contribution in [1.29, 1.82) is 0 Å². The molecule has 4 N–H and O–H groups in total. The van der Waals surface area contributed by atoms with Gasteiger partial charge in [-0.05, 0) is 24.6 Å². The van der Waals surface area contributed by atoms with Gasteiger partial charge in [-0.2, -0.15) is 5.10 Å². The Balaban J connectivity index is 1.80. The van der Waals surface area contributed by atoms with E-state index < -0.39 is 6.03 Å². The molecule has 0 bridgehead atoms. The zero-order chi connectivity index (χ0) is 16.9. The number of nitrogens with two attached hydrogens (primary N) is 1. The summed E-state index contributed by atoms with van der Waals surface area (Å²) < 4.78 is 5.94.